The van der Waals surface area contributed by atoms with E-state index < -0.39 is 23.6 Å². The van der Waals surface area contributed by atoms with Crippen molar-refractivity contribution in [2.75, 3.05) is 0 Å². The van der Waals surface area contributed by atoms with Gasteiger partial charge in [0.1, 0.15) is 12.0 Å². The summed E-state index contributed by atoms with van der Waals surface area (Å²) in [4.78, 5) is 21.4. The van der Waals surface area contributed by atoms with Crippen molar-refractivity contribution < 1.29 is 25.2 Å². The Kier molecular flexibility index (Phi) is 3.87. The minimum atomic E-state index is -1.05. The number of hydrogen-bond acceptors (Lipinski definition) is 3. The molecule has 0 aliphatic rings. The van der Waals surface area contributed by atoms with Crippen molar-refractivity contribution in [3.63, 3.8) is 0 Å². The second-order valence-electron chi connectivity index (χ2n) is 3.83. The van der Waals surface area contributed by atoms with Crippen LogP contribution in [0.1, 0.15) is 27.2 Å². The van der Waals surface area contributed by atoms with E-state index in [1.807, 2.05) is 0 Å². The van der Waals surface area contributed by atoms with E-state index in [1.54, 1.807) is 20.8 Å². The first-order chi connectivity index (χ1) is 5.72. The van der Waals surface area contributed by atoms with Crippen LogP contribution in [0.3, 0.4) is 0 Å². The van der Waals surface area contributed by atoms with Gasteiger partial charge in [-0.05, 0) is 20.8 Å². The molecule has 0 bridgehead atoms. The second-order valence-corrected chi connectivity index (χ2v) is 3.83. The van der Waals surface area contributed by atoms with Gasteiger partial charge < -0.3 is 15.6 Å². The zero-order valence-corrected chi connectivity index (χ0v) is 8.16. The van der Waals surface area contributed by atoms with E-state index in [0.29, 0.717) is 0 Å². The third-order valence-electron chi connectivity index (χ3n) is 1.16. The largest absolute Gasteiger partial charge is 0.481 e. The molecule has 0 aromatic carbocycles. The molecule has 0 amide bonds. The van der Waals surface area contributed by atoms with Gasteiger partial charge in [-0.3, -0.25) is 4.79 Å². The molecule has 5 heteroatoms. The van der Waals surface area contributed by atoms with E-state index in [2.05, 4.69) is 5.73 Å². The van der Waals surface area contributed by atoms with Crippen molar-refractivity contribution in [1.29, 1.82) is 0 Å². The number of carbonyl (C=O) groups is 2. The number of carboxylic acids is 1. The lowest BCUT2D eigenvalue weighted by Crippen LogP contribution is -2.66. The van der Waals surface area contributed by atoms with Crippen molar-refractivity contribution in [3.8, 4) is 0 Å². The van der Waals surface area contributed by atoms with Gasteiger partial charge in [0.15, 0.2) is 6.04 Å². The molecule has 0 heterocycles. The van der Waals surface area contributed by atoms with Crippen LogP contribution in [-0.4, -0.2) is 28.7 Å². The highest BCUT2D eigenvalue weighted by atomic mass is 16.6. The van der Waals surface area contributed by atoms with E-state index in [0.717, 1.165) is 0 Å². The first kappa shape index (κ1) is 11.9. The summed E-state index contributed by atoms with van der Waals surface area (Å²) in [5.41, 5.74) is 2.82. The van der Waals surface area contributed by atoms with Crippen molar-refractivity contribution >= 4 is 11.9 Å². The molecule has 0 fully saturated rings. The van der Waals surface area contributed by atoms with Gasteiger partial charge in [-0.15, -0.1) is 0 Å². The van der Waals surface area contributed by atoms with Gasteiger partial charge in [0, 0.05) is 0 Å². The summed E-state index contributed by atoms with van der Waals surface area (Å²) in [6.07, 6.45) is -0.297. The molecule has 0 saturated carbocycles. The summed E-state index contributed by atoms with van der Waals surface area (Å²) in [6.45, 7) is 5.16. The van der Waals surface area contributed by atoms with Crippen molar-refractivity contribution in [2.45, 2.75) is 38.8 Å². The normalized spacial score (nSPS) is 13.5. The topological polar surface area (TPSA) is 91.2 Å². The van der Waals surface area contributed by atoms with Gasteiger partial charge in [-0.25, -0.2) is 4.79 Å². The van der Waals surface area contributed by atoms with Gasteiger partial charge in [0.25, 0.3) is 0 Å². The number of carboxylic acid groups (broad SMARTS) is 1. The maximum Gasteiger partial charge on any atom is 0.365 e. The third-order valence-corrected chi connectivity index (χ3v) is 1.16. The van der Waals surface area contributed by atoms with Gasteiger partial charge >= 0.3 is 11.9 Å². The number of quaternary nitrogens is 1. The van der Waals surface area contributed by atoms with Crippen LogP contribution in [0.2, 0.25) is 0 Å². The molecule has 0 spiro atoms. The lowest BCUT2D eigenvalue weighted by Gasteiger charge is -2.20. The van der Waals surface area contributed by atoms with Crippen LogP contribution in [0.15, 0.2) is 0 Å². The third kappa shape index (κ3) is 6.10. The zero-order valence-electron chi connectivity index (χ0n) is 8.16. The number of ether oxygens (including phenoxy) is 1. The van der Waals surface area contributed by atoms with Gasteiger partial charge in [-0.1, -0.05) is 0 Å². The number of aliphatic carboxylic acids is 1. The Balaban J connectivity index is 4.05. The van der Waals surface area contributed by atoms with Crippen molar-refractivity contribution in [1.82, 2.24) is 0 Å². The van der Waals surface area contributed by atoms with Gasteiger partial charge in [0.2, 0.25) is 0 Å². The molecular weight excluding hydrogens is 174 g/mol. The van der Waals surface area contributed by atoms with Crippen molar-refractivity contribution in [3.05, 3.63) is 0 Å². The fourth-order valence-electron chi connectivity index (χ4n) is 0.679. The molecular formula is C8H16NO4+. The molecule has 0 rings (SSSR count). The summed E-state index contributed by atoms with van der Waals surface area (Å²) in [5, 5.41) is 8.38. The fraction of sp³-hybridized carbons (Fsp3) is 0.750. The summed E-state index contributed by atoms with van der Waals surface area (Å²) in [6, 6.07) is -0.836. The van der Waals surface area contributed by atoms with Crippen molar-refractivity contribution in [2.24, 2.45) is 0 Å². The predicted molar refractivity (Wildman–Crippen MR) is 44.8 cm³/mol. The Morgan fingerprint density at radius 3 is 2.23 bits per heavy atom. The minimum Gasteiger partial charge on any atom is -0.481 e. The van der Waals surface area contributed by atoms with E-state index >= 15 is 0 Å². The summed E-state index contributed by atoms with van der Waals surface area (Å²) in [5.74, 6) is -1.62. The van der Waals surface area contributed by atoms with E-state index in [9.17, 15) is 9.59 Å². The lowest BCUT2D eigenvalue weighted by atomic mass is 10.1. The Hall–Kier alpha value is -1.10. The standard InChI is InChI=1S/C8H15NO4/c1-8(2,3)13-7(12)5(9)4-6(10)11/h5H,4,9H2,1-3H3,(H,10,11)/p+1/t5-/m0/s1. The maximum atomic E-state index is 11.1. The van der Waals surface area contributed by atoms with E-state index in [4.69, 9.17) is 9.84 Å². The highest BCUT2D eigenvalue weighted by Crippen LogP contribution is 2.08. The summed E-state index contributed by atoms with van der Waals surface area (Å²) in [7, 11) is 0. The number of esters is 1. The Morgan fingerprint density at radius 1 is 1.46 bits per heavy atom. The molecule has 0 saturated heterocycles. The summed E-state index contributed by atoms with van der Waals surface area (Å²) < 4.78 is 4.94. The Labute approximate surface area is 76.9 Å². The van der Waals surface area contributed by atoms with Crippen LogP contribution in [0, 0.1) is 0 Å². The summed E-state index contributed by atoms with van der Waals surface area (Å²) >= 11 is 0. The van der Waals surface area contributed by atoms with Crippen LogP contribution in [0.25, 0.3) is 0 Å². The van der Waals surface area contributed by atoms with E-state index in [-0.39, 0.29) is 6.42 Å². The molecule has 76 valence electrons. The Bertz CT molecular complexity index is 207. The van der Waals surface area contributed by atoms with Crippen LogP contribution < -0.4 is 5.73 Å². The molecule has 0 aliphatic carbocycles. The number of rotatable bonds is 3. The average Bonchev–Trinajstić information content (AvgIpc) is 1.81. The van der Waals surface area contributed by atoms with Gasteiger partial charge in [0.05, 0.1) is 0 Å². The molecule has 0 aromatic rings. The lowest BCUT2D eigenvalue weighted by molar-refractivity contribution is -0.409. The van der Waals surface area contributed by atoms with E-state index in [1.165, 1.54) is 0 Å². The van der Waals surface area contributed by atoms with Crippen LogP contribution in [0.5, 0.6) is 0 Å². The predicted octanol–water partition coefficient (Wildman–Crippen LogP) is -0.587. The fourth-order valence-corrected chi connectivity index (χ4v) is 0.679. The zero-order chi connectivity index (χ0) is 10.6. The minimum absolute atomic E-state index is 0.297. The highest BCUT2D eigenvalue weighted by molar-refractivity contribution is 5.80. The quantitative estimate of drug-likeness (QED) is 0.582. The first-order valence-electron chi connectivity index (χ1n) is 4.00. The van der Waals surface area contributed by atoms with Crippen LogP contribution >= 0.6 is 0 Å². The monoisotopic (exact) mass is 190 g/mol. The van der Waals surface area contributed by atoms with Gasteiger partial charge in [-0.2, -0.15) is 0 Å². The molecule has 0 radical (unpaired) electrons. The Morgan fingerprint density at radius 2 is 1.92 bits per heavy atom. The smallest absolute Gasteiger partial charge is 0.365 e. The van der Waals surface area contributed by atoms with Crippen LogP contribution in [-0.2, 0) is 14.3 Å². The molecule has 13 heavy (non-hydrogen) atoms. The first-order valence-corrected chi connectivity index (χ1v) is 4.00. The molecule has 4 N–H and O–H groups in total. The molecule has 1 atom stereocenters. The number of carbonyl (C=O) groups excluding carboxylic acids is 1. The second kappa shape index (κ2) is 4.23. The van der Waals surface area contributed by atoms with Crippen LogP contribution in [0.4, 0.5) is 0 Å². The average molecular weight is 190 g/mol. The highest BCUT2D eigenvalue weighted by Gasteiger charge is 2.26. The molecule has 0 aromatic heterocycles. The SMILES string of the molecule is CC(C)(C)OC(=O)[C@@H]([NH3+])CC(=O)O. The molecule has 0 aliphatic heterocycles. The molecule has 0 unspecified atom stereocenters. The maximum absolute atomic E-state index is 11.1. The number of hydrogen-bond donors (Lipinski definition) is 2. The molecule has 5 nitrogen and oxygen atoms in total.